The molecule has 2 aromatic carbocycles. The molecular weight excluding hydrogens is 292 g/mol. The molecule has 1 heterocycles. The highest BCUT2D eigenvalue weighted by atomic mass is 16.3. The summed E-state index contributed by atoms with van der Waals surface area (Å²) >= 11 is 0. The molecule has 23 heavy (non-hydrogen) atoms. The summed E-state index contributed by atoms with van der Waals surface area (Å²) in [6.45, 7) is 1.64. The van der Waals surface area contributed by atoms with E-state index in [0.29, 0.717) is 17.0 Å². The van der Waals surface area contributed by atoms with E-state index in [9.17, 15) is 9.90 Å². The molecule has 0 unspecified atom stereocenters. The number of aryl methyl sites for hydroxylation is 1. The van der Waals surface area contributed by atoms with Gasteiger partial charge in [0.1, 0.15) is 5.75 Å². The van der Waals surface area contributed by atoms with E-state index >= 15 is 0 Å². The number of aromatic hydroxyl groups is 1. The standard InChI is InChI=1S/C17H14N4O2/c1-12-19-20-16(13-7-3-2-4-8-13)17(23)21(12)18-11-14-9-5-6-10-15(14)22/h2-11,22H,1H3. The van der Waals surface area contributed by atoms with Crippen molar-refractivity contribution < 1.29 is 5.11 Å². The van der Waals surface area contributed by atoms with Crippen LogP contribution in [0.4, 0.5) is 0 Å². The second-order valence-corrected chi connectivity index (χ2v) is 4.88. The molecule has 0 saturated heterocycles. The molecule has 114 valence electrons. The van der Waals surface area contributed by atoms with Crippen molar-refractivity contribution in [3.8, 4) is 17.0 Å². The van der Waals surface area contributed by atoms with Gasteiger partial charge in [0.2, 0.25) is 0 Å². The van der Waals surface area contributed by atoms with Gasteiger partial charge in [-0.15, -0.1) is 10.2 Å². The van der Waals surface area contributed by atoms with Crippen LogP contribution in [0.3, 0.4) is 0 Å². The predicted molar refractivity (Wildman–Crippen MR) is 87.6 cm³/mol. The van der Waals surface area contributed by atoms with Crippen molar-refractivity contribution in [1.82, 2.24) is 14.9 Å². The van der Waals surface area contributed by atoms with Gasteiger partial charge in [-0.3, -0.25) is 4.79 Å². The smallest absolute Gasteiger partial charge is 0.301 e. The first-order valence-corrected chi connectivity index (χ1v) is 7.01. The van der Waals surface area contributed by atoms with Crippen LogP contribution in [0.1, 0.15) is 11.4 Å². The lowest BCUT2D eigenvalue weighted by Gasteiger charge is -2.05. The third-order valence-corrected chi connectivity index (χ3v) is 3.29. The van der Waals surface area contributed by atoms with Crippen LogP contribution < -0.4 is 5.56 Å². The van der Waals surface area contributed by atoms with E-state index in [1.54, 1.807) is 43.3 Å². The van der Waals surface area contributed by atoms with Crippen LogP contribution in [0.5, 0.6) is 5.75 Å². The number of nitrogens with zero attached hydrogens (tertiary/aromatic N) is 4. The molecule has 0 bridgehead atoms. The van der Waals surface area contributed by atoms with Crippen LogP contribution in [0, 0.1) is 6.92 Å². The molecule has 0 atom stereocenters. The Kier molecular flexibility index (Phi) is 3.97. The van der Waals surface area contributed by atoms with E-state index < -0.39 is 0 Å². The molecular formula is C17H14N4O2. The molecule has 0 saturated carbocycles. The van der Waals surface area contributed by atoms with Crippen LogP contribution in [-0.4, -0.2) is 26.2 Å². The predicted octanol–water partition coefficient (Wildman–Crippen LogP) is 2.20. The monoisotopic (exact) mass is 306 g/mol. The molecule has 3 rings (SSSR count). The van der Waals surface area contributed by atoms with Gasteiger partial charge in [-0.25, -0.2) is 0 Å². The summed E-state index contributed by atoms with van der Waals surface area (Å²) in [7, 11) is 0. The number of rotatable bonds is 3. The Balaban J connectivity index is 2.07. The van der Waals surface area contributed by atoms with Gasteiger partial charge < -0.3 is 5.11 Å². The van der Waals surface area contributed by atoms with Crippen molar-refractivity contribution >= 4 is 6.21 Å². The maximum Gasteiger partial charge on any atom is 0.301 e. The Labute approximate surface area is 132 Å². The SMILES string of the molecule is Cc1nnc(-c2ccccc2)c(=O)n1N=Cc1ccccc1O. The minimum atomic E-state index is -0.365. The topological polar surface area (TPSA) is 80.4 Å². The second kappa shape index (κ2) is 6.23. The van der Waals surface area contributed by atoms with E-state index in [1.165, 1.54) is 10.9 Å². The minimum Gasteiger partial charge on any atom is -0.507 e. The first-order valence-electron chi connectivity index (χ1n) is 7.01. The Morgan fingerprint density at radius 2 is 1.74 bits per heavy atom. The molecule has 0 aliphatic rings. The Bertz CT molecular complexity index is 917. The quantitative estimate of drug-likeness (QED) is 0.752. The lowest BCUT2D eigenvalue weighted by Crippen LogP contribution is -2.23. The van der Waals surface area contributed by atoms with Gasteiger partial charge in [-0.2, -0.15) is 9.78 Å². The van der Waals surface area contributed by atoms with Crippen molar-refractivity contribution in [1.29, 1.82) is 0 Å². The van der Waals surface area contributed by atoms with E-state index in [2.05, 4.69) is 15.3 Å². The van der Waals surface area contributed by atoms with Gasteiger partial charge in [-0.1, -0.05) is 42.5 Å². The highest BCUT2D eigenvalue weighted by Gasteiger charge is 2.10. The summed E-state index contributed by atoms with van der Waals surface area (Å²) in [6, 6.07) is 15.8. The highest BCUT2D eigenvalue weighted by molar-refractivity contribution is 5.83. The number of para-hydroxylation sites is 1. The van der Waals surface area contributed by atoms with Gasteiger partial charge >= 0.3 is 5.56 Å². The molecule has 0 radical (unpaired) electrons. The largest absolute Gasteiger partial charge is 0.507 e. The van der Waals surface area contributed by atoms with Crippen molar-refractivity contribution in [2.75, 3.05) is 0 Å². The molecule has 3 aromatic rings. The Hall–Kier alpha value is -3.28. The third kappa shape index (κ3) is 3.01. The summed E-state index contributed by atoms with van der Waals surface area (Å²) < 4.78 is 1.17. The lowest BCUT2D eigenvalue weighted by molar-refractivity contribution is 0.474. The fourth-order valence-electron chi connectivity index (χ4n) is 2.08. The molecule has 0 aliphatic carbocycles. The average Bonchev–Trinajstić information content (AvgIpc) is 2.57. The molecule has 0 amide bonds. The van der Waals surface area contributed by atoms with Gasteiger partial charge in [0, 0.05) is 11.1 Å². The lowest BCUT2D eigenvalue weighted by atomic mass is 10.2. The van der Waals surface area contributed by atoms with Crippen LogP contribution in [0.2, 0.25) is 0 Å². The van der Waals surface area contributed by atoms with E-state index in [4.69, 9.17) is 0 Å². The maximum atomic E-state index is 12.6. The first-order chi connectivity index (χ1) is 11.2. The van der Waals surface area contributed by atoms with Gasteiger partial charge in [0.05, 0.1) is 6.21 Å². The van der Waals surface area contributed by atoms with E-state index in [1.807, 2.05) is 18.2 Å². The van der Waals surface area contributed by atoms with Gasteiger partial charge in [0.15, 0.2) is 11.5 Å². The normalized spacial score (nSPS) is 11.0. The third-order valence-electron chi connectivity index (χ3n) is 3.29. The highest BCUT2D eigenvalue weighted by Crippen LogP contribution is 2.13. The zero-order valence-electron chi connectivity index (χ0n) is 12.4. The number of benzene rings is 2. The van der Waals surface area contributed by atoms with Crippen molar-refractivity contribution in [2.45, 2.75) is 6.92 Å². The van der Waals surface area contributed by atoms with Crippen LogP contribution in [0.25, 0.3) is 11.3 Å². The fraction of sp³-hybridized carbons (Fsp3) is 0.0588. The molecule has 6 nitrogen and oxygen atoms in total. The van der Waals surface area contributed by atoms with Crippen LogP contribution >= 0.6 is 0 Å². The molecule has 0 spiro atoms. The van der Waals surface area contributed by atoms with E-state index in [-0.39, 0.29) is 17.0 Å². The fourth-order valence-corrected chi connectivity index (χ4v) is 2.08. The van der Waals surface area contributed by atoms with Crippen molar-refractivity contribution in [3.63, 3.8) is 0 Å². The molecule has 6 heteroatoms. The Morgan fingerprint density at radius 1 is 1.04 bits per heavy atom. The van der Waals surface area contributed by atoms with Crippen LogP contribution in [0.15, 0.2) is 64.5 Å². The summed E-state index contributed by atoms with van der Waals surface area (Å²) in [5, 5.41) is 21.9. The summed E-state index contributed by atoms with van der Waals surface area (Å²) in [6.07, 6.45) is 1.42. The van der Waals surface area contributed by atoms with Crippen molar-refractivity contribution in [3.05, 3.63) is 76.3 Å². The number of hydrogen-bond donors (Lipinski definition) is 1. The van der Waals surface area contributed by atoms with Gasteiger partial charge in [-0.05, 0) is 19.1 Å². The summed E-state index contributed by atoms with van der Waals surface area (Å²) in [5.41, 5.74) is 1.05. The number of phenols is 1. The van der Waals surface area contributed by atoms with E-state index in [0.717, 1.165) is 0 Å². The minimum absolute atomic E-state index is 0.0900. The Morgan fingerprint density at radius 3 is 2.48 bits per heavy atom. The summed E-state index contributed by atoms with van der Waals surface area (Å²) in [5.74, 6) is 0.452. The zero-order chi connectivity index (χ0) is 16.2. The summed E-state index contributed by atoms with van der Waals surface area (Å²) in [4.78, 5) is 12.6. The molecule has 0 aliphatic heterocycles. The van der Waals surface area contributed by atoms with Gasteiger partial charge in [0.25, 0.3) is 0 Å². The first kappa shape index (κ1) is 14.6. The maximum absolute atomic E-state index is 12.6. The zero-order valence-corrected chi connectivity index (χ0v) is 12.4. The number of phenolic OH excluding ortho intramolecular Hbond substituents is 1. The number of hydrogen-bond acceptors (Lipinski definition) is 5. The number of aromatic nitrogens is 3. The second-order valence-electron chi connectivity index (χ2n) is 4.88. The van der Waals surface area contributed by atoms with Crippen LogP contribution in [-0.2, 0) is 0 Å². The van der Waals surface area contributed by atoms with Crippen molar-refractivity contribution in [2.24, 2.45) is 5.10 Å². The molecule has 0 fully saturated rings. The molecule has 1 aromatic heterocycles. The molecule has 1 N–H and O–H groups in total. The average molecular weight is 306 g/mol.